The lowest BCUT2D eigenvalue weighted by Crippen LogP contribution is -2.40. The van der Waals surface area contributed by atoms with E-state index in [9.17, 15) is 4.79 Å². The van der Waals surface area contributed by atoms with Crippen molar-refractivity contribution in [3.05, 3.63) is 59.9 Å². The molecule has 1 aromatic carbocycles. The summed E-state index contributed by atoms with van der Waals surface area (Å²) in [6.45, 7) is 5.74. The van der Waals surface area contributed by atoms with Crippen molar-refractivity contribution in [1.29, 1.82) is 0 Å². The topological polar surface area (TPSA) is 59.2 Å². The molecule has 116 valence electrons. The van der Waals surface area contributed by atoms with Gasteiger partial charge in [-0.3, -0.25) is 14.7 Å². The summed E-state index contributed by atoms with van der Waals surface area (Å²) >= 11 is 0. The molecule has 0 radical (unpaired) electrons. The molecular formula is C18H23N3O. The highest BCUT2D eigenvalue weighted by Crippen LogP contribution is 2.12. The summed E-state index contributed by atoms with van der Waals surface area (Å²) in [4.78, 5) is 18.8. The van der Waals surface area contributed by atoms with Crippen LogP contribution in [0.1, 0.15) is 29.8 Å². The third-order valence-corrected chi connectivity index (χ3v) is 3.97. The quantitative estimate of drug-likeness (QED) is 0.630. The zero-order chi connectivity index (χ0) is 15.9. The van der Waals surface area contributed by atoms with Gasteiger partial charge in [-0.25, -0.2) is 0 Å². The SMILES string of the molecule is CCN(CCc1ccncc1)C(C)C(=O)c1ccc(N)cc1. The molecule has 0 saturated carbocycles. The van der Waals surface area contributed by atoms with Crippen LogP contribution in [0.2, 0.25) is 0 Å². The zero-order valence-electron chi connectivity index (χ0n) is 13.2. The molecule has 0 fully saturated rings. The fraction of sp³-hybridized carbons (Fsp3) is 0.333. The third-order valence-electron chi connectivity index (χ3n) is 3.97. The van der Waals surface area contributed by atoms with E-state index < -0.39 is 0 Å². The molecule has 1 heterocycles. The van der Waals surface area contributed by atoms with Crippen LogP contribution < -0.4 is 5.73 Å². The van der Waals surface area contributed by atoms with Crippen molar-refractivity contribution in [2.75, 3.05) is 18.8 Å². The van der Waals surface area contributed by atoms with E-state index in [1.54, 1.807) is 36.7 Å². The Morgan fingerprint density at radius 3 is 2.41 bits per heavy atom. The van der Waals surface area contributed by atoms with E-state index in [0.29, 0.717) is 11.3 Å². The molecule has 2 N–H and O–H groups in total. The van der Waals surface area contributed by atoms with E-state index in [2.05, 4.69) is 16.8 Å². The Hall–Kier alpha value is -2.20. The van der Waals surface area contributed by atoms with Crippen molar-refractivity contribution in [2.45, 2.75) is 26.3 Å². The molecule has 1 aromatic heterocycles. The Balaban J connectivity index is 2.00. The number of anilines is 1. The summed E-state index contributed by atoms with van der Waals surface area (Å²) < 4.78 is 0. The van der Waals surface area contributed by atoms with Gasteiger partial charge in [-0.2, -0.15) is 0 Å². The summed E-state index contributed by atoms with van der Waals surface area (Å²) in [5, 5.41) is 0. The molecular weight excluding hydrogens is 274 g/mol. The highest BCUT2D eigenvalue weighted by Gasteiger charge is 2.21. The number of nitrogens with two attached hydrogens (primary N) is 1. The first-order valence-electron chi connectivity index (χ1n) is 7.64. The summed E-state index contributed by atoms with van der Waals surface area (Å²) in [6, 6.07) is 11.0. The van der Waals surface area contributed by atoms with Gasteiger partial charge in [0.05, 0.1) is 6.04 Å². The van der Waals surface area contributed by atoms with Gasteiger partial charge in [0.1, 0.15) is 0 Å². The maximum atomic E-state index is 12.6. The number of likely N-dealkylation sites (N-methyl/N-ethyl adjacent to an activating group) is 1. The van der Waals surface area contributed by atoms with Gasteiger partial charge in [0.15, 0.2) is 5.78 Å². The molecule has 2 rings (SSSR count). The molecule has 4 nitrogen and oxygen atoms in total. The van der Waals surface area contributed by atoms with Crippen LogP contribution in [-0.2, 0) is 6.42 Å². The van der Waals surface area contributed by atoms with Crippen molar-refractivity contribution < 1.29 is 4.79 Å². The average molecular weight is 297 g/mol. The van der Waals surface area contributed by atoms with Gasteiger partial charge >= 0.3 is 0 Å². The van der Waals surface area contributed by atoms with Crippen LogP contribution in [0.25, 0.3) is 0 Å². The molecule has 4 heteroatoms. The first-order chi connectivity index (χ1) is 10.6. The van der Waals surface area contributed by atoms with E-state index in [0.717, 1.165) is 19.5 Å². The van der Waals surface area contributed by atoms with Crippen molar-refractivity contribution >= 4 is 11.5 Å². The summed E-state index contributed by atoms with van der Waals surface area (Å²) in [6.07, 6.45) is 4.51. The molecule has 0 bridgehead atoms. The van der Waals surface area contributed by atoms with E-state index >= 15 is 0 Å². The molecule has 0 saturated heterocycles. The Morgan fingerprint density at radius 2 is 1.82 bits per heavy atom. The number of carbonyl (C=O) groups excluding carboxylic acids is 1. The monoisotopic (exact) mass is 297 g/mol. The van der Waals surface area contributed by atoms with Crippen molar-refractivity contribution in [1.82, 2.24) is 9.88 Å². The Morgan fingerprint density at radius 1 is 1.18 bits per heavy atom. The highest BCUT2D eigenvalue weighted by atomic mass is 16.1. The first kappa shape index (κ1) is 16.2. The fourth-order valence-corrected chi connectivity index (χ4v) is 2.50. The van der Waals surface area contributed by atoms with Crippen LogP contribution >= 0.6 is 0 Å². The Bertz CT molecular complexity index is 595. The van der Waals surface area contributed by atoms with Gasteiger partial charge in [0.2, 0.25) is 0 Å². The minimum atomic E-state index is -0.143. The predicted molar refractivity (Wildman–Crippen MR) is 89.8 cm³/mol. The van der Waals surface area contributed by atoms with Crippen LogP contribution in [0.15, 0.2) is 48.8 Å². The van der Waals surface area contributed by atoms with Crippen LogP contribution in [0, 0.1) is 0 Å². The normalized spacial score (nSPS) is 12.3. The van der Waals surface area contributed by atoms with E-state index in [-0.39, 0.29) is 11.8 Å². The van der Waals surface area contributed by atoms with E-state index in [1.807, 2.05) is 19.1 Å². The lowest BCUT2D eigenvalue weighted by Gasteiger charge is -2.26. The van der Waals surface area contributed by atoms with E-state index in [4.69, 9.17) is 5.73 Å². The molecule has 0 aliphatic heterocycles. The van der Waals surface area contributed by atoms with Crippen molar-refractivity contribution in [3.63, 3.8) is 0 Å². The summed E-state index contributed by atoms with van der Waals surface area (Å²) in [5.41, 5.74) is 8.30. The molecule has 1 unspecified atom stereocenters. The number of hydrogen-bond acceptors (Lipinski definition) is 4. The van der Waals surface area contributed by atoms with Gasteiger partial charge in [0, 0.05) is 30.2 Å². The number of hydrogen-bond donors (Lipinski definition) is 1. The Labute approximate surface area is 132 Å². The molecule has 0 amide bonds. The molecule has 2 aromatic rings. The number of ketones is 1. The minimum Gasteiger partial charge on any atom is -0.399 e. The minimum absolute atomic E-state index is 0.136. The van der Waals surface area contributed by atoms with Crippen LogP contribution in [0.4, 0.5) is 5.69 Å². The second-order valence-electron chi connectivity index (χ2n) is 5.40. The number of aromatic nitrogens is 1. The number of carbonyl (C=O) groups is 1. The van der Waals surface area contributed by atoms with Gasteiger partial charge in [0.25, 0.3) is 0 Å². The maximum absolute atomic E-state index is 12.6. The molecule has 22 heavy (non-hydrogen) atoms. The fourth-order valence-electron chi connectivity index (χ4n) is 2.50. The molecule has 0 spiro atoms. The van der Waals surface area contributed by atoms with Gasteiger partial charge in [-0.15, -0.1) is 0 Å². The van der Waals surface area contributed by atoms with Crippen LogP contribution in [0.5, 0.6) is 0 Å². The van der Waals surface area contributed by atoms with Gasteiger partial charge in [-0.05, 0) is 61.9 Å². The number of nitrogen functional groups attached to an aromatic ring is 1. The zero-order valence-corrected chi connectivity index (χ0v) is 13.2. The standard InChI is InChI=1S/C18H23N3O/c1-3-21(13-10-15-8-11-20-12-9-15)14(2)18(22)16-4-6-17(19)7-5-16/h4-9,11-12,14H,3,10,13,19H2,1-2H3. The average Bonchev–Trinajstić information content (AvgIpc) is 2.56. The second-order valence-corrected chi connectivity index (χ2v) is 5.40. The predicted octanol–water partition coefficient (Wildman–Crippen LogP) is 2.80. The largest absolute Gasteiger partial charge is 0.399 e. The van der Waals surface area contributed by atoms with Crippen LogP contribution in [0.3, 0.4) is 0 Å². The van der Waals surface area contributed by atoms with Gasteiger partial charge in [-0.1, -0.05) is 6.92 Å². The molecule has 1 atom stereocenters. The lowest BCUT2D eigenvalue weighted by molar-refractivity contribution is 0.0846. The van der Waals surface area contributed by atoms with Gasteiger partial charge < -0.3 is 5.73 Å². The number of pyridine rings is 1. The van der Waals surface area contributed by atoms with Crippen molar-refractivity contribution in [3.8, 4) is 0 Å². The number of Topliss-reactive ketones (excluding diaryl/α,β-unsaturated/α-hetero) is 1. The summed E-state index contributed by atoms with van der Waals surface area (Å²) in [5.74, 6) is 0.136. The second kappa shape index (κ2) is 7.71. The smallest absolute Gasteiger partial charge is 0.179 e. The first-order valence-corrected chi connectivity index (χ1v) is 7.64. The number of benzene rings is 1. The highest BCUT2D eigenvalue weighted by molar-refractivity contribution is 6.00. The number of nitrogens with zero attached hydrogens (tertiary/aromatic N) is 2. The Kier molecular flexibility index (Phi) is 5.67. The van der Waals surface area contributed by atoms with Crippen molar-refractivity contribution in [2.24, 2.45) is 0 Å². The molecule has 0 aliphatic carbocycles. The number of rotatable bonds is 7. The van der Waals surface area contributed by atoms with Crippen LogP contribution in [-0.4, -0.2) is 34.8 Å². The lowest BCUT2D eigenvalue weighted by atomic mass is 10.0. The molecule has 0 aliphatic rings. The van der Waals surface area contributed by atoms with E-state index in [1.165, 1.54) is 5.56 Å². The summed E-state index contributed by atoms with van der Waals surface area (Å²) in [7, 11) is 0. The maximum Gasteiger partial charge on any atom is 0.179 e. The third kappa shape index (κ3) is 4.15.